The van der Waals surface area contributed by atoms with Crippen LogP contribution in [0.5, 0.6) is 0 Å². The van der Waals surface area contributed by atoms with Crippen LogP contribution in [-0.2, 0) is 4.74 Å². The number of aliphatic hydroxyl groups excluding tert-OH is 1. The fourth-order valence-corrected chi connectivity index (χ4v) is 3.09. The largest absolute Gasteiger partial charge is 0.396 e. The summed E-state index contributed by atoms with van der Waals surface area (Å²) in [4.78, 5) is 14.3. The van der Waals surface area contributed by atoms with Crippen molar-refractivity contribution in [3.63, 3.8) is 0 Å². The summed E-state index contributed by atoms with van der Waals surface area (Å²) < 4.78 is 5.74. The van der Waals surface area contributed by atoms with Gasteiger partial charge in [0.2, 0.25) is 0 Å². The molecule has 2 fully saturated rings. The second kappa shape index (κ2) is 5.22. The number of hydrogen-bond acceptors (Lipinski definition) is 5. The van der Waals surface area contributed by atoms with Crippen LogP contribution in [0.2, 0.25) is 0 Å². The molecule has 0 bridgehead atoms. The summed E-state index contributed by atoms with van der Waals surface area (Å²) in [7, 11) is 0. The van der Waals surface area contributed by atoms with Gasteiger partial charge in [-0.05, 0) is 18.9 Å². The van der Waals surface area contributed by atoms with Crippen molar-refractivity contribution in [3.8, 4) is 0 Å². The molecule has 0 unspecified atom stereocenters. The predicted molar refractivity (Wildman–Crippen MR) is 66.4 cm³/mol. The number of amides is 1. The van der Waals surface area contributed by atoms with E-state index in [9.17, 15) is 9.90 Å². The zero-order valence-electron chi connectivity index (χ0n) is 10.6. The second-order valence-electron chi connectivity index (χ2n) is 5.05. The summed E-state index contributed by atoms with van der Waals surface area (Å²) in [6, 6.07) is 1.75. The predicted octanol–water partition coefficient (Wildman–Crippen LogP) is 0.0885. The zero-order valence-corrected chi connectivity index (χ0v) is 10.6. The number of nitrogens with zero attached hydrogens (tertiary/aromatic N) is 3. The third kappa shape index (κ3) is 2.21. The van der Waals surface area contributed by atoms with Gasteiger partial charge in [-0.25, -0.2) is 0 Å². The first-order chi connectivity index (χ1) is 9.31. The van der Waals surface area contributed by atoms with Gasteiger partial charge in [-0.3, -0.25) is 4.79 Å². The lowest BCUT2D eigenvalue weighted by Crippen LogP contribution is -2.53. The highest BCUT2D eigenvalue weighted by molar-refractivity contribution is 5.94. The molecule has 6 heteroatoms. The third-order valence-corrected chi connectivity index (χ3v) is 4.05. The lowest BCUT2D eigenvalue weighted by Gasteiger charge is -2.39. The maximum atomic E-state index is 12.5. The summed E-state index contributed by atoms with van der Waals surface area (Å²) in [5.74, 6) is 0.128. The van der Waals surface area contributed by atoms with Crippen LogP contribution in [0.25, 0.3) is 0 Å². The molecule has 1 aliphatic carbocycles. The van der Waals surface area contributed by atoms with Crippen LogP contribution in [0.1, 0.15) is 23.2 Å². The molecule has 1 N–H and O–H groups in total. The van der Waals surface area contributed by atoms with E-state index in [-0.39, 0.29) is 30.6 Å². The quantitative estimate of drug-likeness (QED) is 0.818. The van der Waals surface area contributed by atoms with Gasteiger partial charge in [-0.15, -0.1) is 0 Å². The Kier molecular flexibility index (Phi) is 3.44. The van der Waals surface area contributed by atoms with E-state index in [1.54, 1.807) is 6.07 Å². The van der Waals surface area contributed by atoms with E-state index >= 15 is 0 Å². The van der Waals surface area contributed by atoms with Crippen molar-refractivity contribution < 1.29 is 14.6 Å². The molecule has 3 atom stereocenters. The summed E-state index contributed by atoms with van der Waals surface area (Å²) in [5.41, 5.74) is 0.558. The first-order valence-corrected chi connectivity index (χ1v) is 6.61. The Labute approximate surface area is 111 Å². The van der Waals surface area contributed by atoms with Crippen LogP contribution in [0.3, 0.4) is 0 Å². The van der Waals surface area contributed by atoms with Crippen molar-refractivity contribution >= 4 is 5.91 Å². The lowest BCUT2D eigenvalue weighted by molar-refractivity contribution is -0.0694. The average molecular weight is 263 g/mol. The van der Waals surface area contributed by atoms with Crippen molar-refractivity contribution in [2.75, 3.05) is 19.8 Å². The first-order valence-electron chi connectivity index (χ1n) is 6.61. The maximum absolute atomic E-state index is 12.5. The molecule has 6 nitrogen and oxygen atoms in total. The van der Waals surface area contributed by atoms with Crippen LogP contribution < -0.4 is 0 Å². The minimum Gasteiger partial charge on any atom is -0.396 e. The van der Waals surface area contributed by atoms with Gasteiger partial charge in [0.1, 0.15) is 0 Å². The molecule has 3 rings (SSSR count). The van der Waals surface area contributed by atoms with Gasteiger partial charge in [0, 0.05) is 19.1 Å². The highest BCUT2D eigenvalue weighted by Crippen LogP contribution is 2.34. The van der Waals surface area contributed by atoms with Crippen molar-refractivity contribution in [1.82, 2.24) is 15.1 Å². The van der Waals surface area contributed by atoms with Gasteiger partial charge in [0.05, 0.1) is 36.7 Å². The molecule has 0 radical (unpaired) electrons. The molecule has 1 saturated heterocycles. The number of carbonyl (C=O) groups excluding carboxylic acids is 1. The molecule has 1 saturated carbocycles. The molecular weight excluding hydrogens is 246 g/mol. The normalized spacial score (nSPS) is 30.2. The highest BCUT2D eigenvalue weighted by atomic mass is 16.5. The maximum Gasteiger partial charge on any atom is 0.255 e. The molecular formula is C13H17N3O3. The fraction of sp³-hybridized carbons (Fsp3) is 0.615. The van der Waals surface area contributed by atoms with Gasteiger partial charge in [0.25, 0.3) is 5.91 Å². The SMILES string of the molecule is O=C(c1ccnnc1)N1CCO[C@@H]2[C@H](CO)CC[C@H]21. The Morgan fingerprint density at radius 2 is 2.37 bits per heavy atom. The van der Waals surface area contributed by atoms with Crippen molar-refractivity contribution in [2.45, 2.75) is 25.0 Å². The molecule has 1 aromatic rings. The number of rotatable bonds is 2. The van der Waals surface area contributed by atoms with Gasteiger partial charge >= 0.3 is 0 Å². The van der Waals surface area contributed by atoms with E-state index in [0.717, 1.165) is 12.8 Å². The fourth-order valence-electron chi connectivity index (χ4n) is 3.09. The topological polar surface area (TPSA) is 75.6 Å². The van der Waals surface area contributed by atoms with E-state index in [1.165, 1.54) is 12.4 Å². The molecule has 1 amide bonds. The lowest BCUT2D eigenvalue weighted by atomic mass is 10.0. The number of hydrogen-bond donors (Lipinski definition) is 1. The third-order valence-electron chi connectivity index (χ3n) is 4.05. The van der Waals surface area contributed by atoms with Crippen LogP contribution in [0, 0.1) is 5.92 Å². The Morgan fingerprint density at radius 1 is 1.47 bits per heavy atom. The molecule has 19 heavy (non-hydrogen) atoms. The number of aliphatic hydroxyl groups is 1. The van der Waals surface area contributed by atoms with E-state index in [4.69, 9.17) is 4.74 Å². The number of ether oxygens (including phenoxy) is 1. The van der Waals surface area contributed by atoms with Gasteiger partial charge < -0.3 is 14.7 Å². The van der Waals surface area contributed by atoms with E-state index in [1.807, 2.05) is 4.90 Å². The average Bonchev–Trinajstić information content (AvgIpc) is 2.90. The van der Waals surface area contributed by atoms with Gasteiger partial charge in [-0.2, -0.15) is 10.2 Å². The Balaban J connectivity index is 1.79. The van der Waals surface area contributed by atoms with Gasteiger partial charge in [0.15, 0.2) is 0 Å². The zero-order chi connectivity index (χ0) is 13.2. The molecule has 1 aliphatic heterocycles. The van der Waals surface area contributed by atoms with Crippen molar-refractivity contribution in [1.29, 1.82) is 0 Å². The molecule has 2 heterocycles. The number of fused-ring (bicyclic) bond motifs is 1. The molecule has 1 aromatic heterocycles. The van der Waals surface area contributed by atoms with Gasteiger partial charge in [-0.1, -0.05) is 0 Å². The van der Waals surface area contributed by atoms with E-state index in [2.05, 4.69) is 10.2 Å². The second-order valence-corrected chi connectivity index (χ2v) is 5.05. The molecule has 0 aromatic carbocycles. The van der Waals surface area contributed by atoms with Crippen molar-refractivity contribution in [3.05, 3.63) is 24.0 Å². The van der Waals surface area contributed by atoms with Crippen LogP contribution in [0.4, 0.5) is 0 Å². The summed E-state index contributed by atoms with van der Waals surface area (Å²) in [6.07, 6.45) is 4.78. The summed E-state index contributed by atoms with van der Waals surface area (Å²) in [6.45, 7) is 1.25. The van der Waals surface area contributed by atoms with E-state index in [0.29, 0.717) is 18.7 Å². The number of morpholine rings is 1. The first kappa shape index (κ1) is 12.5. The minimum absolute atomic E-state index is 0.0215. The number of carbonyl (C=O) groups is 1. The van der Waals surface area contributed by atoms with Crippen LogP contribution >= 0.6 is 0 Å². The monoisotopic (exact) mass is 263 g/mol. The Bertz CT molecular complexity index is 454. The Hall–Kier alpha value is -1.53. The smallest absolute Gasteiger partial charge is 0.255 e. The standard InChI is InChI=1S/C13H17N3O3/c17-8-10-1-2-11-12(10)19-6-5-16(11)13(18)9-3-4-14-15-7-9/h3-4,7,10-12,17H,1-2,5-6,8H2/t10-,11+,12+/m0/s1. The Morgan fingerprint density at radius 3 is 3.11 bits per heavy atom. The molecule has 0 spiro atoms. The van der Waals surface area contributed by atoms with Crippen LogP contribution in [-0.4, -0.2) is 58.0 Å². The highest BCUT2D eigenvalue weighted by Gasteiger charge is 2.44. The molecule has 102 valence electrons. The summed E-state index contributed by atoms with van der Waals surface area (Å²) in [5, 5.41) is 16.8. The van der Waals surface area contributed by atoms with Crippen LogP contribution in [0.15, 0.2) is 18.5 Å². The number of aromatic nitrogens is 2. The summed E-state index contributed by atoms with van der Waals surface area (Å²) >= 11 is 0. The van der Waals surface area contributed by atoms with E-state index < -0.39 is 0 Å². The van der Waals surface area contributed by atoms with Crippen molar-refractivity contribution in [2.24, 2.45) is 5.92 Å². The minimum atomic E-state index is -0.0301. The molecule has 2 aliphatic rings.